The van der Waals surface area contributed by atoms with Crippen molar-refractivity contribution in [1.29, 1.82) is 0 Å². The molecule has 0 spiro atoms. The molecule has 0 N–H and O–H groups in total. The van der Waals surface area contributed by atoms with Gasteiger partial charge in [0.25, 0.3) is 0 Å². The topological polar surface area (TPSA) is 63.7 Å². The Morgan fingerprint density at radius 2 is 1.95 bits per heavy atom. The summed E-state index contributed by atoms with van der Waals surface area (Å²) < 4.78 is 31.7. The Morgan fingerprint density at radius 3 is 2.50 bits per heavy atom. The lowest BCUT2D eigenvalue weighted by Gasteiger charge is -2.36. The lowest BCUT2D eigenvalue weighted by Crippen LogP contribution is -2.44. The van der Waals surface area contributed by atoms with Crippen molar-refractivity contribution in [3.05, 3.63) is 29.8 Å². The molecule has 0 amide bonds. The van der Waals surface area contributed by atoms with Crippen LogP contribution in [0.3, 0.4) is 0 Å². The Bertz CT molecular complexity index is 624. The number of esters is 1. The third kappa shape index (κ3) is 3.67. The molecule has 0 saturated carbocycles. The van der Waals surface area contributed by atoms with Crippen LogP contribution in [0.5, 0.6) is 0 Å². The second-order valence-corrected chi connectivity index (χ2v) is 7.84. The van der Waals surface area contributed by atoms with Gasteiger partial charge in [-0.15, -0.1) is 0 Å². The van der Waals surface area contributed by atoms with Crippen molar-refractivity contribution < 1.29 is 17.9 Å². The maximum absolute atomic E-state index is 12.7. The molecular formula is C16H23NO4S. The summed E-state index contributed by atoms with van der Waals surface area (Å²) in [7, 11) is -2.09. The predicted octanol–water partition coefficient (Wildman–Crippen LogP) is 2.35. The van der Waals surface area contributed by atoms with Crippen LogP contribution < -0.4 is 0 Å². The lowest BCUT2D eigenvalue weighted by atomic mass is 9.90. The van der Waals surface area contributed by atoms with Gasteiger partial charge in [0.2, 0.25) is 10.0 Å². The zero-order valence-corrected chi connectivity index (χ0v) is 14.1. The van der Waals surface area contributed by atoms with Crippen LogP contribution in [0.4, 0.5) is 0 Å². The number of methoxy groups -OCH3 is 1. The molecule has 1 aliphatic heterocycles. The van der Waals surface area contributed by atoms with E-state index in [-0.39, 0.29) is 17.9 Å². The van der Waals surface area contributed by atoms with Crippen molar-refractivity contribution in [3.63, 3.8) is 0 Å². The molecule has 1 fully saturated rings. The zero-order chi connectivity index (χ0) is 16.3. The molecule has 0 bridgehead atoms. The molecule has 2 atom stereocenters. The lowest BCUT2D eigenvalue weighted by molar-refractivity contribution is -0.142. The molecule has 0 unspecified atom stereocenters. The number of aryl methyl sites for hydroxylation is 1. The summed E-state index contributed by atoms with van der Waals surface area (Å²) in [5, 5.41) is 0. The number of rotatable bonds is 4. The summed E-state index contributed by atoms with van der Waals surface area (Å²) in [5.41, 5.74) is 1.03. The number of ether oxygens (including phenoxy) is 1. The van der Waals surface area contributed by atoms with Gasteiger partial charge in [-0.2, -0.15) is 4.31 Å². The number of piperidine rings is 1. The fraction of sp³-hybridized carbons (Fsp3) is 0.562. The molecule has 0 aromatic heterocycles. The Balaban J connectivity index is 2.10. The van der Waals surface area contributed by atoms with Gasteiger partial charge in [0.05, 0.1) is 12.0 Å². The van der Waals surface area contributed by atoms with Crippen LogP contribution in [0.15, 0.2) is 29.2 Å². The van der Waals surface area contributed by atoms with E-state index >= 15 is 0 Å². The average molecular weight is 325 g/mol. The summed E-state index contributed by atoms with van der Waals surface area (Å²) in [6.07, 6.45) is 1.73. The molecule has 0 radical (unpaired) electrons. The maximum Gasteiger partial charge on any atom is 0.305 e. The zero-order valence-electron chi connectivity index (χ0n) is 13.3. The SMILES string of the molecule is COC(=O)C[C@@H]1CCN(S(=O)(=O)c2ccc(C)cc2)[C@@H](C)C1. The van der Waals surface area contributed by atoms with Crippen LogP contribution in [0, 0.1) is 12.8 Å². The molecule has 1 saturated heterocycles. The summed E-state index contributed by atoms with van der Waals surface area (Å²) in [6, 6.07) is 6.80. The van der Waals surface area contributed by atoms with Gasteiger partial charge in [-0.05, 0) is 44.7 Å². The first-order chi connectivity index (χ1) is 10.3. The van der Waals surface area contributed by atoms with E-state index in [1.807, 2.05) is 26.0 Å². The normalized spacial score (nSPS) is 23.2. The van der Waals surface area contributed by atoms with Crippen molar-refractivity contribution >= 4 is 16.0 Å². The molecule has 2 rings (SSSR count). The first-order valence-corrected chi connectivity index (χ1v) is 8.94. The number of nitrogens with zero attached hydrogens (tertiary/aromatic N) is 1. The smallest absolute Gasteiger partial charge is 0.305 e. The van der Waals surface area contributed by atoms with Crippen LogP contribution >= 0.6 is 0 Å². The van der Waals surface area contributed by atoms with E-state index in [0.717, 1.165) is 5.56 Å². The number of benzene rings is 1. The minimum atomic E-state index is -3.47. The minimum Gasteiger partial charge on any atom is -0.469 e. The van der Waals surface area contributed by atoms with Crippen molar-refractivity contribution in [2.24, 2.45) is 5.92 Å². The van der Waals surface area contributed by atoms with Crippen LogP contribution in [0.1, 0.15) is 31.7 Å². The summed E-state index contributed by atoms with van der Waals surface area (Å²) in [6.45, 7) is 4.27. The fourth-order valence-electron chi connectivity index (χ4n) is 2.96. The molecule has 1 aliphatic rings. The monoisotopic (exact) mass is 325 g/mol. The number of carbonyl (C=O) groups is 1. The standard InChI is InChI=1S/C16H23NO4S/c1-12-4-6-15(7-5-12)22(19,20)17-9-8-14(10-13(17)2)11-16(18)21-3/h4-7,13-14H,8-11H2,1-3H3/t13-,14+/m0/s1. The van der Waals surface area contributed by atoms with E-state index in [0.29, 0.717) is 30.7 Å². The van der Waals surface area contributed by atoms with Gasteiger partial charge in [0.15, 0.2) is 0 Å². The number of hydrogen-bond donors (Lipinski definition) is 0. The minimum absolute atomic E-state index is 0.116. The second-order valence-electron chi connectivity index (χ2n) is 5.95. The van der Waals surface area contributed by atoms with Gasteiger partial charge < -0.3 is 4.74 Å². The quantitative estimate of drug-likeness (QED) is 0.797. The highest BCUT2D eigenvalue weighted by molar-refractivity contribution is 7.89. The molecule has 6 heteroatoms. The van der Waals surface area contributed by atoms with Gasteiger partial charge in [-0.1, -0.05) is 17.7 Å². The third-order valence-electron chi connectivity index (χ3n) is 4.23. The van der Waals surface area contributed by atoms with Crippen LogP contribution in [-0.4, -0.2) is 38.4 Å². The van der Waals surface area contributed by atoms with E-state index in [9.17, 15) is 13.2 Å². The Morgan fingerprint density at radius 1 is 1.32 bits per heavy atom. The van der Waals surface area contributed by atoms with Gasteiger partial charge in [-0.3, -0.25) is 4.79 Å². The van der Waals surface area contributed by atoms with E-state index < -0.39 is 10.0 Å². The fourth-order valence-corrected chi connectivity index (χ4v) is 4.61. The van der Waals surface area contributed by atoms with Crippen LogP contribution in [-0.2, 0) is 19.6 Å². The Labute approximate surface area is 132 Å². The molecule has 122 valence electrons. The van der Waals surface area contributed by atoms with Crippen molar-refractivity contribution in [2.75, 3.05) is 13.7 Å². The largest absolute Gasteiger partial charge is 0.469 e. The van der Waals surface area contributed by atoms with Gasteiger partial charge >= 0.3 is 5.97 Å². The highest BCUT2D eigenvalue weighted by Crippen LogP contribution is 2.30. The van der Waals surface area contributed by atoms with Crippen LogP contribution in [0.25, 0.3) is 0 Å². The molecule has 22 heavy (non-hydrogen) atoms. The number of carbonyl (C=O) groups excluding carboxylic acids is 1. The first kappa shape index (κ1) is 17.0. The summed E-state index contributed by atoms with van der Waals surface area (Å²) >= 11 is 0. The second kappa shape index (κ2) is 6.79. The van der Waals surface area contributed by atoms with Gasteiger partial charge in [0.1, 0.15) is 0 Å². The van der Waals surface area contributed by atoms with Crippen molar-refractivity contribution in [1.82, 2.24) is 4.31 Å². The van der Waals surface area contributed by atoms with E-state index in [1.54, 1.807) is 16.4 Å². The maximum atomic E-state index is 12.7. The van der Waals surface area contributed by atoms with E-state index in [4.69, 9.17) is 4.74 Å². The highest BCUT2D eigenvalue weighted by Gasteiger charge is 2.35. The molecule has 5 nitrogen and oxygen atoms in total. The molecule has 1 heterocycles. The van der Waals surface area contributed by atoms with Crippen molar-refractivity contribution in [3.8, 4) is 0 Å². The number of hydrogen-bond acceptors (Lipinski definition) is 4. The average Bonchev–Trinajstić information content (AvgIpc) is 2.47. The van der Waals surface area contributed by atoms with Crippen LogP contribution in [0.2, 0.25) is 0 Å². The summed E-state index contributed by atoms with van der Waals surface area (Å²) in [5.74, 6) is -0.0426. The molecule has 1 aromatic carbocycles. The predicted molar refractivity (Wildman–Crippen MR) is 83.9 cm³/mol. The summed E-state index contributed by atoms with van der Waals surface area (Å²) in [4.78, 5) is 11.7. The molecule has 1 aromatic rings. The number of sulfonamides is 1. The molecule has 0 aliphatic carbocycles. The van der Waals surface area contributed by atoms with Gasteiger partial charge in [-0.25, -0.2) is 8.42 Å². The highest BCUT2D eigenvalue weighted by atomic mass is 32.2. The van der Waals surface area contributed by atoms with E-state index in [2.05, 4.69) is 0 Å². The third-order valence-corrected chi connectivity index (χ3v) is 6.26. The Hall–Kier alpha value is -1.40. The van der Waals surface area contributed by atoms with E-state index in [1.165, 1.54) is 7.11 Å². The van der Waals surface area contributed by atoms with Crippen molar-refractivity contribution in [2.45, 2.75) is 44.0 Å². The Kier molecular flexibility index (Phi) is 5.24. The first-order valence-electron chi connectivity index (χ1n) is 7.50. The molecular weight excluding hydrogens is 302 g/mol. The van der Waals surface area contributed by atoms with Gasteiger partial charge in [0, 0.05) is 19.0 Å².